The third-order valence-corrected chi connectivity index (χ3v) is 3.10. The van der Waals surface area contributed by atoms with Gasteiger partial charge >= 0.3 is 0 Å². The fraction of sp³-hybridized carbons (Fsp3) is 0.333. The van der Waals surface area contributed by atoms with Crippen LogP contribution < -0.4 is 4.74 Å². The Morgan fingerprint density at radius 2 is 1.90 bits per heavy atom. The van der Waals surface area contributed by atoms with E-state index in [9.17, 15) is 0 Å². The van der Waals surface area contributed by atoms with Crippen LogP contribution in [0, 0.1) is 11.8 Å². The van der Waals surface area contributed by atoms with Gasteiger partial charge in [-0.25, -0.2) is 0 Å². The second kappa shape index (κ2) is 7.93. The van der Waals surface area contributed by atoms with E-state index in [2.05, 4.69) is 17.9 Å². The number of hydrogen-bond acceptors (Lipinski definition) is 2. The van der Waals surface area contributed by atoms with Crippen LogP contribution in [0.15, 0.2) is 36.4 Å². The molecule has 0 saturated heterocycles. The molecular formula is C18H19ClO2. The van der Waals surface area contributed by atoms with Crippen molar-refractivity contribution in [1.82, 2.24) is 0 Å². The Morgan fingerprint density at radius 3 is 2.67 bits per heavy atom. The van der Waals surface area contributed by atoms with Gasteiger partial charge in [0.05, 0.1) is 24.2 Å². The lowest BCUT2D eigenvalue weighted by atomic mass is 10.0. The summed E-state index contributed by atoms with van der Waals surface area (Å²) in [4.78, 5) is 0. The lowest BCUT2D eigenvalue weighted by Crippen LogP contribution is -2.11. The minimum absolute atomic E-state index is 0.209. The minimum atomic E-state index is 0.209. The summed E-state index contributed by atoms with van der Waals surface area (Å²) in [6.45, 7) is 5.08. The zero-order valence-electron chi connectivity index (χ0n) is 12.4. The Kier molecular flexibility index (Phi) is 5.92. The van der Waals surface area contributed by atoms with Gasteiger partial charge in [0.1, 0.15) is 12.4 Å². The second-order valence-corrected chi connectivity index (χ2v) is 5.13. The van der Waals surface area contributed by atoms with Gasteiger partial charge in [-0.2, -0.15) is 0 Å². The van der Waals surface area contributed by atoms with Gasteiger partial charge in [0, 0.05) is 5.39 Å². The summed E-state index contributed by atoms with van der Waals surface area (Å²) in [5, 5.41) is 2.22. The molecule has 0 unspecified atom stereocenters. The van der Waals surface area contributed by atoms with Gasteiger partial charge in [-0.1, -0.05) is 42.2 Å². The number of ether oxygens (including phenoxy) is 2. The molecule has 0 aliphatic carbocycles. The van der Waals surface area contributed by atoms with Crippen molar-refractivity contribution < 1.29 is 9.47 Å². The van der Waals surface area contributed by atoms with E-state index in [1.807, 2.05) is 44.2 Å². The quantitative estimate of drug-likeness (QED) is 0.467. The maximum Gasteiger partial charge on any atom is 0.135 e. The van der Waals surface area contributed by atoms with E-state index < -0.39 is 0 Å². The Labute approximate surface area is 131 Å². The Hall–Kier alpha value is -1.69. The van der Waals surface area contributed by atoms with E-state index in [0.29, 0.717) is 19.1 Å². The molecule has 0 aliphatic heterocycles. The van der Waals surface area contributed by atoms with Crippen LogP contribution in [0.2, 0.25) is 0 Å². The average Bonchev–Trinajstić information content (AvgIpc) is 2.49. The van der Waals surface area contributed by atoms with Crippen molar-refractivity contribution in [3.8, 4) is 17.6 Å². The van der Waals surface area contributed by atoms with E-state index in [1.54, 1.807) is 0 Å². The Balaban J connectivity index is 2.25. The summed E-state index contributed by atoms with van der Waals surface area (Å²) in [7, 11) is 0. The first-order valence-electron chi connectivity index (χ1n) is 7.03. The highest BCUT2D eigenvalue weighted by atomic mass is 35.5. The minimum Gasteiger partial charge on any atom is -0.490 e. The fourth-order valence-corrected chi connectivity index (χ4v) is 2.12. The van der Waals surface area contributed by atoms with E-state index >= 15 is 0 Å². The standard InChI is InChI=1S/C18H19ClO2/c1-14(2)20-12-13-21-18-10-9-15-6-3-4-7-16(15)17(18)8-5-11-19/h3-4,6-7,9-10,14H,11-13H2,1-2H3. The Bertz CT molecular complexity index is 653. The molecule has 0 fully saturated rings. The molecule has 0 amide bonds. The summed E-state index contributed by atoms with van der Waals surface area (Å²) >= 11 is 5.68. The molecule has 0 saturated carbocycles. The van der Waals surface area contributed by atoms with Crippen molar-refractivity contribution in [3.05, 3.63) is 42.0 Å². The van der Waals surface area contributed by atoms with Gasteiger partial charge in [-0.3, -0.25) is 0 Å². The lowest BCUT2D eigenvalue weighted by molar-refractivity contribution is 0.0552. The third-order valence-electron chi connectivity index (χ3n) is 2.96. The summed E-state index contributed by atoms with van der Waals surface area (Å²) in [5.41, 5.74) is 0.887. The molecule has 2 rings (SSSR count). The number of alkyl halides is 1. The lowest BCUT2D eigenvalue weighted by Gasteiger charge is -2.12. The first kappa shape index (κ1) is 15.7. The molecule has 0 aliphatic rings. The van der Waals surface area contributed by atoms with Crippen molar-refractivity contribution >= 4 is 22.4 Å². The number of rotatable bonds is 5. The van der Waals surface area contributed by atoms with Crippen LogP contribution in [-0.2, 0) is 4.74 Å². The third kappa shape index (κ3) is 4.39. The molecule has 2 aromatic rings. The maximum atomic E-state index is 5.82. The number of benzene rings is 2. The zero-order valence-corrected chi connectivity index (χ0v) is 13.1. The molecule has 3 heteroatoms. The maximum absolute atomic E-state index is 5.82. The second-order valence-electron chi connectivity index (χ2n) is 4.86. The summed E-state index contributed by atoms with van der Waals surface area (Å²) in [5.74, 6) is 7.10. The van der Waals surface area contributed by atoms with Crippen LogP contribution in [0.4, 0.5) is 0 Å². The number of fused-ring (bicyclic) bond motifs is 1. The van der Waals surface area contributed by atoms with Gasteiger partial charge in [-0.05, 0) is 25.3 Å². The molecule has 0 spiro atoms. The highest BCUT2D eigenvalue weighted by Gasteiger charge is 2.07. The first-order valence-corrected chi connectivity index (χ1v) is 7.57. The van der Waals surface area contributed by atoms with Crippen LogP contribution in [0.25, 0.3) is 10.8 Å². The summed E-state index contributed by atoms with van der Waals surface area (Å²) in [6, 6.07) is 12.1. The van der Waals surface area contributed by atoms with Gasteiger partial charge in [0.2, 0.25) is 0 Å². The molecule has 0 N–H and O–H groups in total. The largest absolute Gasteiger partial charge is 0.490 e. The monoisotopic (exact) mass is 302 g/mol. The number of hydrogen-bond donors (Lipinski definition) is 0. The predicted octanol–water partition coefficient (Wildman–Crippen LogP) is 4.23. The highest BCUT2D eigenvalue weighted by molar-refractivity contribution is 6.19. The Morgan fingerprint density at radius 1 is 1.10 bits per heavy atom. The molecule has 110 valence electrons. The van der Waals surface area contributed by atoms with Gasteiger partial charge in [-0.15, -0.1) is 11.6 Å². The smallest absolute Gasteiger partial charge is 0.135 e. The topological polar surface area (TPSA) is 18.5 Å². The van der Waals surface area contributed by atoms with E-state index in [4.69, 9.17) is 21.1 Å². The van der Waals surface area contributed by atoms with Gasteiger partial charge < -0.3 is 9.47 Å². The van der Waals surface area contributed by atoms with Crippen LogP contribution >= 0.6 is 11.6 Å². The zero-order chi connectivity index (χ0) is 15.1. The molecule has 0 radical (unpaired) electrons. The van der Waals surface area contributed by atoms with Crippen molar-refractivity contribution in [2.45, 2.75) is 20.0 Å². The van der Waals surface area contributed by atoms with Crippen LogP contribution in [0.5, 0.6) is 5.75 Å². The first-order chi connectivity index (χ1) is 10.2. The normalized spacial score (nSPS) is 10.5. The van der Waals surface area contributed by atoms with Crippen molar-refractivity contribution in [2.24, 2.45) is 0 Å². The fourth-order valence-electron chi connectivity index (χ4n) is 2.06. The van der Waals surface area contributed by atoms with E-state index in [-0.39, 0.29) is 6.10 Å². The highest BCUT2D eigenvalue weighted by Crippen LogP contribution is 2.27. The number of halogens is 1. The molecule has 0 heterocycles. The molecular weight excluding hydrogens is 284 g/mol. The van der Waals surface area contributed by atoms with Crippen LogP contribution in [0.3, 0.4) is 0 Å². The van der Waals surface area contributed by atoms with Gasteiger partial charge in [0.25, 0.3) is 0 Å². The molecule has 0 bridgehead atoms. The van der Waals surface area contributed by atoms with Gasteiger partial charge in [0.15, 0.2) is 0 Å². The SMILES string of the molecule is CC(C)OCCOc1ccc2ccccc2c1C#CCCl. The molecule has 0 atom stereocenters. The van der Waals surface area contributed by atoms with Crippen molar-refractivity contribution in [2.75, 3.05) is 19.1 Å². The summed E-state index contributed by atoms with van der Waals surface area (Å²) < 4.78 is 11.3. The predicted molar refractivity (Wildman–Crippen MR) is 88.1 cm³/mol. The molecule has 21 heavy (non-hydrogen) atoms. The molecule has 2 nitrogen and oxygen atoms in total. The molecule has 2 aromatic carbocycles. The van der Waals surface area contributed by atoms with Crippen molar-refractivity contribution in [3.63, 3.8) is 0 Å². The van der Waals surface area contributed by atoms with Crippen LogP contribution in [0.1, 0.15) is 19.4 Å². The molecule has 0 aromatic heterocycles. The van der Waals surface area contributed by atoms with E-state index in [1.165, 1.54) is 0 Å². The summed E-state index contributed by atoms with van der Waals surface area (Å²) in [6.07, 6.45) is 0.209. The average molecular weight is 303 g/mol. The van der Waals surface area contributed by atoms with Crippen LogP contribution in [-0.4, -0.2) is 25.2 Å². The van der Waals surface area contributed by atoms with E-state index in [0.717, 1.165) is 22.1 Å². The van der Waals surface area contributed by atoms with Crippen molar-refractivity contribution in [1.29, 1.82) is 0 Å².